The van der Waals surface area contributed by atoms with Crippen LogP contribution in [0.25, 0.3) is 16.3 Å². The molecule has 2 aromatic heterocycles. The molecular weight excluding hydrogens is 384 g/mol. The fourth-order valence-corrected chi connectivity index (χ4v) is 3.41. The monoisotopic (exact) mass is 412 g/mol. The minimum atomic E-state index is 0.382. The average molecular weight is 413 g/mol. The molecule has 0 aliphatic carbocycles. The summed E-state index contributed by atoms with van der Waals surface area (Å²) in [5, 5.41) is 5.08. The molecule has 1 aliphatic heterocycles. The molecule has 3 rings (SSSR count). The Labute approximate surface area is 176 Å². The van der Waals surface area contributed by atoms with Crippen molar-refractivity contribution in [2.75, 3.05) is 20.2 Å². The first-order valence-corrected chi connectivity index (χ1v) is 10.4. The van der Waals surface area contributed by atoms with Gasteiger partial charge < -0.3 is 14.5 Å². The van der Waals surface area contributed by atoms with Gasteiger partial charge in [-0.3, -0.25) is 4.98 Å². The van der Waals surface area contributed by atoms with Gasteiger partial charge in [0.25, 0.3) is 0 Å². The number of oxime groups is 1. The van der Waals surface area contributed by atoms with Crippen molar-refractivity contribution >= 4 is 22.8 Å². The van der Waals surface area contributed by atoms with Crippen LogP contribution in [0.15, 0.2) is 66.6 Å². The second-order valence-electron chi connectivity index (χ2n) is 6.02. The molecule has 0 unspecified atom stereocenters. The van der Waals surface area contributed by atoms with Crippen molar-refractivity contribution in [1.29, 1.82) is 0 Å². The number of hydrogen-bond donors (Lipinski definition) is 0. The van der Waals surface area contributed by atoms with Gasteiger partial charge in [0.15, 0.2) is 0 Å². The van der Waals surface area contributed by atoms with E-state index in [0.29, 0.717) is 12.4 Å². The largest absolute Gasteiger partial charge is 0.440 e. The highest BCUT2D eigenvalue weighted by Crippen LogP contribution is 2.31. The SMILES string of the molecule is C=CCO/N=C1\CCN(C)C(OC(=C)c2cnc(-c3cccnc3)s2)=C1C.CC. The zero-order valence-corrected chi connectivity index (χ0v) is 18.3. The minimum absolute atomic E-state index is 0.382. The maximum Gasteiger partial charge on any atom is 0.200 e. The van der Waals surface area contributed by atoms with E-state index in [-0.39, 0.29) is 0 Å². The van der Waals surface area contributed by atoms with Crippen LogP contribution in [0.1, 0.15) is 32.1 Å². The molecule has 0 atom stereocenters. The van der Waals surface area contributed by atoms with Crippen molar-refractivity contribution in [3.05, 3.63) is 66.3 Å². The molecule has 0 N–H and O–H groups in total. The van der Waals surface area contributed by atoms with Crippen LogP contribution in [0.2, 0.25) is 0 Å². The molecule has 0 fully saturated rings. The van der Waals surface area contributed by atoms with Gasteiger partial charge in [0, 0.05) is 49.7 Å². The molecule has 1 aliphatic rings. The molecule has 0 bridgehead atoms. The summed E-state index contributed by atoms with van der Waals surface area (Å²) in [5.74, 6) is 1.28. The Bertz CT molecular complexity index is 887. The van der Waals surface area contributed by atoms with Crippen LogP contribution in [0.3, 0.4) is 0 Å². The van der Waals surface area contributed by atoms with Gasteiger partial charge in [-0.2, -0.15) is 0 Å². The second kappa shape index (κ2) is 11.2. The molecule has 0 aromatic carbocycles. The van der Waals surface area contributed by atoms with E-state index < -0.39 is 0 Å². The molecule has 0 spiro atoms. The summed E-state index contributed by atoms with van der Waals surface area (Å²) in [6.07, 6.45) is 7.77. The van der Waals surface area contributed by atoms with Crippen LogP contribution < -0.4 is 0 Å². The van der Waals surface area contributed by atoms with E-state index in [1.54, 1.807) is 24.7 Å². The normalized spacial score (nSPS) is 14.9. The summed E-state index contributed by atoms with van der Waals surface area (Å²) in [4.78, 5) is 16.8. The van der Waals surface area contributed by atoms with E-state index in [1.807, 2.05) is 40.0 Å². The molecule has 6 nitrogen and oxygen atoms in total. The number of nitrogens with zero attached hydrogens (tertiary/aromatic N) is 4. The van der Waals surface area contributed by atoms with Crippen molar-refractivity contribution < 1.29 is 9.57 Å². The number of allylic oxidation sites excluding steroid dienone is 1. The quantitative estimate of drug-likeness (QED) is 0.266. The molecule has 29 heavy (non-hydrogen) atoms. The van der Waals surface area contributed by atoms with Crippen LogP contribution in [0.4, 0.5) is 0 Å². The zero-order valence-electron chi connectivity index (χ0n) is 17.5. The Hall–Kier alpha value is -2.93. The predicted molar refractivity (Wildman–Crippen MR) is 120 cm³/mol. The lowest BCUT2D eigenvalue weighted by Gasteiger charge is -2.29. The molecule has 2 aromatic rings. The molecule has 0 saturated carbocycles. The predicted octanol–water partition coefficient (Wildman–Crippen LogP) is 5.34. The van der Waals surface area contributed by atoms with E-state index in [4.69, 9.17) is 9.57 Å². The van der Waals surface area contributed by atoms with Gasteiger partial charge in [-0.15, -0.1) is 11.3 Å². The summed E-state index contributed by atoms with van der Waals surface area (Å²) >= 11 is 1.52. The maximum absolute atomic E-state index is 6.10. The van der Waals surface area contributed by atoms with Crippen LogP contribution in [-0.2, 0) is 9.57 Å². The van der Waals surface area contributed by atoms with Gasteiger partial charge in [0.1, 0.15) is 17.4 Å². The molecule has 3 heterocycles. The van der Waals surface area contributed by atoms with Crippen LogP contribution >= 0.6 is 11.3 Å². The van der Waals surface area contributed by atoms with Gasteiger partial charge in [0.05, 0.1) is 10.6 Å². The first-order chi connectivity index (χ1) is 14.1. The van der Waals surface area contributed by atoms with E-state index in [1.165, 1.54) is 11.3 Å². The maximum atomic E-state index is 6.10. The van der Waals surface area contributed by atoms with Gasteiger partial charge in [-0.25, -0.2) is 4.98 Å². The molecule has 0 saturated heterocycles. The van der Waals surface area contributed by atoms with Gasteiger partial charge in [0.2, 0.25) is 5.88 Å². The van der Waals surface area contributed by atoms with Crippen molar-refractivity contribution in [2.24, 2.45) is 5.16 Å². The third-order valence-electron chi connectivity index (χ3n) is 4.06. The molecule has 7 heteroatoms. The molecule has 0 radical (unpaired) electrons. The number of aromatic nitrogens is 2. The lowest BCUT2D eigenvalue weighted by molar-refractivity contribution is 0.170. The van der Waals surface area contributed by atoms with Crippen LogP contribution in [0, 0.1) is 0 Å². The van der Waals surface area contributed by atoms with Gasteiger partial charge in [-0.1, -0.05) is 38.2 Å². The first kappa shape index (κ1) is 22.4. The number of thiazole rings is 1. The Balaban J connectivity index is 0.00000145. The fraction of sp³-hybridized carbons (Fsp3) is 0.318. The van der Waals surface area contributed by atoms with Gasteiger partial charge >= 0.3 is 0 Å². The van der Waals surface area contributed by atoms with Crippen molar-refractivity contribution in [1.82, 2.24) is 14.9 Å². The van der Waals surface area contributed by atoms with Crippen molar-refractivity contribution in [3.8, 4) is 10.6 Å². The summed E-state index contributed by atoms with van der Waals surface area (Å²) < 4.78 is 6.10. The van der Waals surface area contributed by atoms with Crippen LogP contribution in [0.5, 0.6) is 0 Å². The Morgan fingerprint density at radius 2 is 2.17 bits per heavy atom. The summed E-state index contributed by atoms with van der Waals surface area (Å²) in [6, 6.07) is 3.87. The Morgan fingerprint density at radius 1 is 1.38 bits per heavy atom. The standard InChI is InChI=1S/C20H22N4O2S.C2H6/c1-5-11-25-23-17-8-10-24(4)20(14(17)2)26-15(3)18-13-22-19(27-18)16-7-6-9-21-12-16;1-2/h5-7,9,12-13H,1,3,8,10-11H2,2,4H3;1-2H3/b23-17+;. The molecule has 154 valence electrons. The summed E-state index contributed by atoms with van der Waals surface area (Å²) in [5.41, 5.74) is 2.78. The zero-order chi connectivity index (χ0) is 21.2. The highest BCUT2D eigenvalue weighted by Gasteiger charge is 2.23. The summed E-state index contributed by atoms with van der Waals surface area (Å²) in [6.45, 7) is 14.9. The van der Waals surface area contributed by atoms with Crippen molar-refractivity contribution in [3.63, 3.8) is 0 Å². The lowest BCUT2D eigenvalue weighted by Crippen LogP contribution is -2.30. The number of pyridine rings is 1. The molecule has 0 amide bonds. The third-order valence-corrected chi connectivity index (χ3v) is 5.15. The molecular formula is C22H28N4O2S. The lowest BCUT2D eigenvalue weighted by atomic mass is 10.1. The summed E-state index contributed by atoms with van der Waals surface area (Å²) in [7, 11) is 1.99. The highest BCUT2D eigenvalue weighted by molar-refractivity contribution is 7.16. The smallest absolute Gasteiger partial charge is 0.200 e. The number of rotatable bonds is 7. The highest BCUT2D eigenvalue weighted by atomic mass is 32.1. The van der Waals surface area contributed by atoms with E-state index in [2.05, 4.69) is 33.2 Å². The number of hydrogen-bond acceptors (Lipinski definition) is 7. The fourth-order valence-electron chi connectivity index (χ4n) is 2.60. The third kappa shape index (κ3) is 5.77. The van der Waals surface area contributed by atoms with Crippen molar-refractivity contribution in [2.45, 2.75) is 27.2 Å². The van der Waals surface area contributed by atoms with E-state index in [0.717, 1.165) is 45.6 Å². The van der Waals surface area contributed by atoms with Crippen LogP contribution in [-0.4, -0.2) is 40.8 Å². The first-order valence-electron chi connectivity index (χ1n) is 9.55. The number of ether oxygens (including phenoxy) is 1. The minimum Gasteiger partial charge on any atom is -0.440 e. The van der Waals surface area contributed by atoms with E-state index >= 15 is 0 Å². The van der Waals surface area contributed by atoms with E-state index in [9.17, 15) is 0 Å². The Morgan fingerprint density at radius 3 is 2.86 bits per heavy atom. The van der Waals surface area contributed by atoms with Gasteiger partial charge in [-0.05, 0) is 19.1 Å². The Kier molecular flexibility index (Phi) is 8.61. The topological polar surface area (TPSA) is 59.8 Å². The average Bonchev–Trinajstić information content (AvgIpc) is 3.25. The second-order valence-corrected chi connectivity index (χ2v) is 7.05.